The van der Waals surface area contributed by atoms with Crippen molar-refractivity contribution < 1.29 is 32.5 Å². The number of hydrogen-bond donors (Lipinski definition) is 1. The molecule has 0 aliphatic carbocycles. The summed E-state index contributed by atoms with van der Waals surface area (Å²) < 4.78 is 48.7. The molecular weight excluding hydrogens is 313 g/mol. The number of halogens is 3. The van der Waals surface area contributed by atoms with Gasteiger partial charge in [-0.3, -0.25) is 0 Å². The van der Waals surface area contributed by atoms with Crippen LogP contribution in [0, 0.1) is 0 Å². The van der Waals surface area contributed by atoms with E-state index in [9.17, 15) is 18.0 Å². The van der Waals surface area contributed by atoms with Crippen LogP contribution in [0.2, 0.25) is 0 Å². The maximum Gasteiger partial charge on any atom is 0.511 e. The van der Waals surface area contributed by atoms with E-state index in [0.29, 0.717) is 5.56 Å². The van der Waals surface area contributed by atoms with Crippen molar-refractivity contribution >= 4 is 18.0 Å². The van der Waals surface area contributed by atoms with Crippen molar-refractivity contribution in [1.29, 1.82) is 0 Å². The lowest BCUT2D eigenvalue weighted by Crippen LogP contribution is -2.05. The van der Waals surface area contributed by atoms with Crippen LogP contribution in [0.1, 0.15) is 16.7 Å². The first-order valence-corrected chi connectivity index (χ1v) is 6.45. The number of ether oxygens (including phenoxy) is 2. The van der Waals surface area contributed by atoms with Crippen LogP contribution < -0.4 is 4.74 Å². The summed E-state index contributed by atoms with van der Waals surface area (Å²) in [6.45, 7) is 0. The molecule has 0 amide bonds. The van der Waals surface area contributed by atoms with Crippen molar-refractivity contribution in [2.24, 2.45) is 0 Å². The third-order valence-corrected chi connectivity index (χ3v) is 3.20. The van der Waals surface area contributed by atoms with Gasteiger partial charge in [0.1, 0.15) is 17.3 Å². The van der Waals surface area contributed by atoms with E-state index in [2.05, 4.69) is 0 Å². The Kier molecular flexibility index (Phi) is 3.48. The Morgan fingerprint density at radius 1 is 1.09 bits per heavy atom. The summed E-state index contributed by atoms with van der Waals surface area (Å²) in [5.41, 5.74) is -0.241. The quantitative estimate of drug-likeness (QED) is 0.750. The Balaban J connectivity index is 2.16. The van der Waals surface area contributed by atoms with Gasteiger partial charge in [-0.1, -0.05) is 18.2 Å². The molecule has 7 heteroatoms. The average molecular weight is 322 g/mol. The number of carboxylic acid groups (broad SMARTS) is 1. The van der Waals surface area contributed by atoms with Crippen LogP contribution in [0.15, 0.2) is 42.5 Å². The number of hydrogen-bond acceptors (Lipinski definition) is 3. The zero-order valence-corrected chi connectivity index (χ0v) is 11.4. The van der Waals surface area contributed by atoms with Gasteiger partial charge < -0.3 is 14.6 Å². The van der Waals surface area contributed by atoms with Crippen molar-refractivity contribution in [3.05, 3.63) is 59.2 Å². The van der Waals surface area contributed by atoms with Crippen molar-refractivity contribution in [1.82, 2.24) is 0 Å². The van der Waals surface area contributed by atoms with E-state index < -0.39 is 17.9 Å². The zero-order chi connectivity index (χ0) is 16.6. The summed E-state index contributed by atoms with van der Waals surface area (Å²) in [6.07, 6.45) is -4.70. The van der Waals surface area contributed by atoms with Gasteiger partial charge in [-0.25, -0.2) is 4.79 Å². The maximum atomic E-state index is 12.8. The van der Waals surface area contributed by atoms with Crippen molar-refractivity contribution in [2.45, 2.75) is 6.18 Å². The molecule has 0 saturated heterocycles. The molecule has 0 unspecified atom stereocenters. The third kappa shape index (κ3) is 2.98. The first-order valence-electron chi connectivity index (χ1n) is 6.45. The van der Waals surface area contributed by atoms with Crippen molar-refractivity contribution in [3.8, 4) is 11.5 Å². The summed E-state index contributed by atoms with van der Waals surface area (Å²) in [7, 11) is 0. The summed E-state index contributed by atoms with van der Waals surface area (Å²) in [4.78, 5) is 10.8. The molecule has 23 heavy (non-hydrogen) atoms. The van der Waals surface area contributed by atoms with Crippen molar-refractivity contribution in [3.63, 3.8) is 0 Å². The fourth-order valence-corrected chi connectivity index (χ4v) is 2.19. The zero-order valence-electron chi connectivity index (χ0n) is 11.4. The number of rotatable bonds is 1. The summed E-state index contributed by atoms with van der Waals surface area (Å²) >= 11 is 0. The van der Waals surface area contributed by atoms with Gasteiger partial charge in [0.2, 0.25) is 0 Å². The average Bonchev–Trinajstić information content (AvgIpc) is 2.61. The molecule has 0 radical (unpaired) electrons. The smallest absolute Gasteiger partial charge is 0.456 e. The lowest BCUT2D eigenvalue weighted by atomic mass is 10.1. The molecule has 118 valence electrons. The molecule has 2 aromatic rings. The van der Waals surface area contributed by atoms with Gasteiger partial charge in [0.15, 0.2) is 0 Å². The fraction of sp³-hybridized carbons (Fsp3) is 0.0625. The second kappa shape index (κ2) is 5.35. The Hall–Kier alpha value is -2.96. The lowest BCUT2D eigenvalue weighted by Gasteiger charge is -2.12. The number of para-hydroxylation sites is 1. The number of carbonyl (C=O) groups is 1. The van der Waals surface area contributed by atoms with E-state index in [1.807, 2.05) is 0 Å². The molecule has 1 heterocycles. The highest BCUT2D eigenvalue weighted by atomic mass is 19.4. The summed E-state index contributed by atoms with van der Waals surface area (Å²) in [5.74, 6) is 0.154. The molecule has 2 aromatic carbocycles. The first kappa shape index (κ1) is 15.0. The van der Waals surface area contributed by atoms with Crippen LogP contribution in [0.3, 0.4) is 0 Å². The number of alkyl halides is 3. The monoisotopic (exact) mass is 322 g/mol. The normalized spacial score (nSPS) is 13.1. The van der Waals surface area contributed by atoms with Gasteiger partial charge in [-0.2, -0.15) is 13.2 Å². The lowest BCUT2D eigenvalue weighted by molar-refractivity contribution is -0.137. The molecule has 1 N–H and O–H groups in total. The van der Waals surface area contributed by atoms with E-state index in [4.69, 9.17) is 14.6 Å². The highest BCUT2D eigenvalue weighted by Gasteiger charge is 2.32. The molecule has 0 spiro atoms. The topological polar surface area (TPSA) is 55.8 Å². The van der Waals surface area contributed by atoms with Crippen molar-refractivity contribution in [2.75, 3.05) is 0 Å². The van der Waals surface area contributed by atoms with Crippen LogP contribution in [0.25, 0.3) is 11.8 Å². The Labute approximate surface area is 128 Å². The SMILES string of the molecule is O=C(O)OC1=Cc2ccc(C(F)(F)F)cc2Oc2ccccc21. The van der Waals surface area contributed by atoms with Gasteiger partial charge in [0.05, 0.1) is 11.1 Å². The summed E-state index contributed by atoms with van der Waals surface area (Å²) in [6, 6.07) is 9.30. The van der Waals surface area contributed by atoms with Gasteiger partial charge in [0.25, 0.3) is 0 Å². The van der Waals surface area contributed by atoms with Crippen LogP contribution in [0.4, 0.5) is 18.0 Å². The number of fused-ring (bicyclic) bond motifs is 2. The molecule has 3 rings (SSSR count). The molecular formula is C16H9F3O4. The highest BCUT2D eigenvalue weighted by molar-refractivity contribution is 5.87. The molecule has 0 atom stereocenters. The molecule has 1 aliphatic rings. The highest BCUT2D eigenvalue weighted by Crippen LogP contribution is 2.41. The Morgan fingerprint density at radius 3 is 2.52 bits per heavy atom. The van der Waals surface area contributed by atoms with Crippen LogP contribution in [0.5, 0.6) is 11.5 Å². The minimum absolute atomic E-state index is 0.0217. The van der Waals surface area contributed by atoms with E-state index >= 15 is 0 Å². The second-order valence-corrected chi connectivity index (χ2v) is 4.73. The van der Waals surface area contributed by atoms with E-state index in [1.54, 1.807) is 18.2 Å². The second-order valence-electron chi connectivity index (χ2n) is 4.73. The predicted octanol–water partition coefficient (Wildman–Crippen LogP) is 5.00. The van der Waals surface area contributed by atoms with Gasteiger partial charge in [-0.05, 0) is 30.3 Å². The molecule has 0 saturated carbocycles. The van der Waals surface area contributed by atoms with E-state index in [1.165, 1.54) is 18.2 Å². The molecule has 0 fully saturated rings. The van der Waals surface area contributed by atoms with Gasteiger partial charge in [0, 0.05) is 5.56 Å². The maximum absolute atomic E-state index is 12.8. The Bertz CT molecular complexity index is 809. The summed E-state index contributed by atoms with van der Waals surface area (Å²) in [5, 5.41) is 8.83. The molecule has 1 aliphatic heterocycles. The molecule has 0 aromatic heterocycles. The van der Waals surface area contributed by atoms with Crippen LogP contribution >= 0.6 is 0 Å². The third-order valence-electron chi connectivity index (χ3n) is 3.20. The molecule has 4 nitrogen and oxygen atoms in total. The van der Waals surface area contributed by atoms with Gasteiger partial charge >= 0.3 is 12.3 Å². The fourth-order valence-electron chi connectivity index (χ4n) is 2.19. The Morgan fingerprint density at radius 2 is 1.83 bits per heavy atom. The van der Waals surface area contributed by atoms with E-state index in [-0.39, 0.29) is 22.8 Å². The molecule has 0 bridgehead atoms. The largest absolute Gasteiger partial charge is 0.511 e. The van der Waals surface area contributed by atoms with Gasteiger partial charge in [-0.15, -0.1) is 0 Å². The minimum atomic E-state index is -4.51. The predicted molar refractivity (Wildman–Crippen MR) is 74.9 cm³/mol. The van der Waals surface area contributed by atoms with E-state index in [0.717, 1.165) is 12.1 Å². The standard InChI is InChI=1S/C16H9F3O4/c17-16(18,19)10-6-5-9-7-14(23-15(20)21)11-3-1-2-4-12(11)22-13(9)8-10/h1-8H,(H,20,21). The van der Waals surface area contributed by atoms with Crippen LogP contribution in [-0.4, -0.2) is 11.3 Å². The minimum Gasteiger partial charge on any atom is -0.456 e. The first-order chi connectivity index (χ1) is 10.8. The van der Waals surface area contributed by atoms with Crippen LogP contribution in [-0.2, 0) is 10.9 Å². The number of benzene rings is 2.